The topological polar surface area (TPSA) is 100.0 Å². The third-order valence-electron chi connectivity index (χ3n) is 4.97. The van der Waals surface area contributed by atoms with Gasteiger partial charge < -0.3 is 29.9 Å². The Morgan fingerprint density at radius 3 is 2.71 bits per heavy atom. The van der Waals surface area contributed by atoms with Crippen LogP contribution in [0.5, 0.6) is 17.2 Å². The summed E-state index contributed by atoms with van der Waals surface area (Å²) < 4.78 is 25.7. The molecule has 0 fully saturated rings. The minimum Gasteiger partial charge on any atom is -0.508 e. The maximum absolute atomic E-state index is 14.3. The van der Waals surface area contributed by atoms with Crippen molar-refractivity contribution in [1.29, 1.82) is 0 Å². The highest BCUT2D eigenvalue weighted by atomic mass is 19.1. The number of phenolic OH excluding ortho intramolecular Hbond substituents is 1. The van der Waals surface area contributed by atoms with Crippen molar-refractivity contribution < 1.29 is 24.1 Å². The number of ether oxygens (including phenoxy) is 2. The number of aliphatic hydroxyl groups excluding tert-OH is 1. The minimum absolute atomic E-state index is 0.0137. The molecular formula is C22H27FN4O4. The van der Waals surface area contributed by atoms with E-state index >= 15 is 0 Å². The number of aromatic hydroxyl groups is 1. The fraction of sp³-hybridized carbons (Fsp3) is 0.364. The van der Waals surface area contributed by atoms with Crippen LogP contribution in [0.1, 0.15) is 12.0 Å². The molecule has 8 nitrogen and oxygen atoms in total. The number of rotatable bonds is 10. The fourth-order valence-electron chi connectivity index (χ4n) is 3.17. The molecule has 0 saturated carbocycles. The van der Waals surface area contributed by atoms with E-state index in [4.69, 9.17) is 14.6 Å². The number of likely N-dealkylation sites (N-methyl/N-ethyl adjacent to an activating group) is 1. The number of aromatic nitrogens is 2. The molecule has 0 aliphatic carbocycles. The second kappa shape index (κ2) is 10.2. The number of nitrogens with zero attached hydrogens (tertiary/aromatic N) is 3. The van der Waals surface area contributed by atoms with Gasteiger partial charge >= 0.3 is 0 Å². The monoisotopic (exact) mass is 430 g/mol. The Morgan fingerprint density at radius 1 is 1.16 bits per heavy atom. The second-order valence-electron chi connectivity index (χ2n) is 7.16. The maximum Gasteiger partial charge on any atom is 0.163 e. The molecule has 0 radical (unpaired) electrons. The number of benzene rings is 2. The van der Waals surface area contributed by atoms with E-state index in [1.54, 1.807) is 26.2 Å². The zero-order valence-electron chi connectivity index (χ0n) is 17.9. The summed E-state index contributed by atoms with van der Waals surface area (Å²) in [5.74, 6) is 0.916. The number of anilines is 2. The summed E-state index contributed by atoms with van der Waals surface area (Å²) in [6.45, 7) is 3.63. The number of nitrogens with one attached hydrogen (secondary N) is 1. The lowest BCUT2D eigenvalue weighted by Gasteiger charge is -2.17. The zero-order chi connectivity index (χ0) is 22.4. The van der Waals surface area contributed by atoms with Crippen LogP contribution in [0.4, 0.5) is 15.9 Å². The van der Waals surface area contributed by atoms with Gasteiger partial charge in [-0.15, -0.1) is 0 Å². The molecule has 0 saturated heterocycles. The number of aliphatic hydroxyl groups is 1. The second-order valence-corrected chi connectivity index (χ2v) is 7.16. The summed E-state index contributed by atoms with van der Waals surface area (Å²) in [4.78, 5) is 10.6. The molecule has 1 aromatic heterocycles. The van der Waals surface area contributed by atoms with E-state index in [9.17, 15) is 9.50 Å². The first-order valence-corrected chi connectivity index (χ1v) is 9.94. The first kappa shape index (κ1) is 22.5. The molecule has 3 rings (SSSR count). The van der Waals surface area contributed by atoms with Crippen LogP contribution in [0.2, 0.25) is 0 Å². The number of methoxy groups -OCH3 is 1. The summed E-state index contributed by atoms with van der Waals surface area (Å²) in [7, 11) is 3.48. The Labute approximate surface area is 180 Å². The van der Waals surface area contributed by atoms with E-state index in [1.807, 2.05) is 11.9 Å². The fourth-order valence-corrected chi connectivity index (χ4v) is 3.17. The van der Waals surface area contributed by atoms with E-state index in [1.165, 1.54) is 18.5 Å². The normalized spacial score (nSPS) is 11.2. The molecule has 3 aromatic rings. The number of hydrogen-bond donors (Lipinski definition) is 3. The van der Waals surface area contributed by atoms with Crippen molar-refractivity contribution in [2.45, 2.75) is 13.3 Å². The Balaban J connectivity index is 1.84. The van der Waals surface area contributed by atoms with Crippen LogP contribution in [0.25, 0.3) is 10.9 Å². The first-order chi connectivity index (χ1) is 14.9. The number of hydrogen-bond acceptors (Lipinski definition) is 8. The highest BCUT2D eigenvalue weighted by molar-refractivity contribution is 5.93. The minimum atomic E-state index is -0.500. The van der Waals surface area contributed by atoms with Crippen LogP contribution in [-0.4, -0.2) is 65.5 Å². The van der Waals surface area contributed by atoms with Gasteiger partial charge in [-0.1, -0.05) is 0 Å². The molecule has 0 unspecified atom stereocenters. The van der Waals surface area contributed by atoms with Gasteiger partial charge in [0.2, 0.25) is 0 Å². The largest absolute Gasteiger partial charge is 0.508 e. The molecule has 0 aliphatic heterocycles. The Hall–Kier alpha value is -3.17. The molecule has 3 N–H and O–H groups in total. The van der Waals surface area contributed by atoms with Crippen LogP contribution in [0, 0.1) is 12.7 Å². The first-order valence-electron chi connectivity index (χ1n) is 9.94. The van der Waals surface area contributed by atoms with Gasteiger partial charge in [0.15, 0.2) is 11.5 Å². The standard InChI is InChI=1S/C22H27FN4O4/c1-14-18(29)6-5-16(23)21(14)26-22-15-11-19(30-3)20(12-17(15)24-13-25-22)31-10-4-7-27(2)8-9-28/h5-6,11-13,28-29H,4,7-10H2,1-3H3,(H,24,25,26). The van der Waals surface area contributed by atoms with Gasteiger partial charge in [0, 0.05) is 30.1 Å². The molecule has 0 bridgehead atoms. The highest BCUT2D eigenvalue weighted by Gasteiger charge is 2.15. The molecule has 0 amide bonds. The van der Waals surface area contributed by atoms with E-state index in [-0.39, 0.29) is 18.0 Å². The van der Waals surface area contributed by atoms with Crippen LogP contribution < -0.4 is 14.8 Å². The highest BCUT2D eigenvalue weighted by Crippen LogP contribution is 2.36. The van der Waals surface area contributed by atoms with Crippen molar-refractivity contribution in [2.75, 3.05) is 45.8 Å². The van der Waals surface area contributed by atoms with E-state index < -0.39 is 5.82 Å². The Bertz CT molecular complexity index is 1050. The van der Waals surface area contributed by atoms with Gasteiger partial charge in [-0.3, -0.25) is 0 Å². The third-order valence-corrected chi connectivity index (χ3v) is 4.97. The average Bonchev–Trinajstić information content (AvgIpc) is 2.76. The zero-order valence-corrected chi connectivity index (χ0v) is 17.9. The number of halogens is 1. The van der Waals surface area contributed by atoms with Crippen LogP contribution in [-0.2, 0) is 0 Å². The molecule has 9 heteroatoms. The van der Waals surface area contributed by atoms with Gasteiger partial charge in [0.05, 0.1) is 31.5 Å². The lowest BCUT2D eigenvalue weighted by Crippen LogP contribution is -2.24. The number of phenols is 1. The predicted molar refractivity (Wildman–Crippen MR) is 117 cm³/mol. The van der Waals surface area contributed by atoms with Crippen LogP contribution in [0.15, 0.2) is 30.6 Å². The molecule has 31 heavy (non-hydrogen) atoms. The van der Waals surface area contributed by atoms with Gasteiger partial charge in [0.1, 0.15) is 23.7 Å². The maximum atomic E-state index is 14.3. The summed E-state index contributed by atoms with van der Waals surface area (Å²) in [6.07, 6.45) is 2.16. The Morgan fingerprint density at radius 2 is 1.97 bits per heavy atom. The van der Waals surface area contributed by atoms with Crippen molar-refractivity contribution in [3.8, 4) is 17.2 Å². The van der Waals surface area contributed by atoms with Crippen LogP contribution in [0.3, 0.4) is 0 Å². The van der Waals surface area contributed by atoms with E-state index in [2.05, 4.69) is 15.3 Å². The molecular weight excluding hydrogens is 403 g/mol. The summed E-state index contributed by atoms with van der Waals surface area (Å²) in [6, 6.07) is 5.99. The van der Waals surface area contributed by atoms with Crippen molar-refractivity contribution in [2.24, 2.45) is 0 Å². The van der Waals surface area contributed by atoms with Crippen molar-refractivity contribution in [1.82, 2.24) is 14.9 Å². The Kier molecular flexibility index (Phi) is 7.43. The van der Waals surface area contributed by atoms with E-state index in [0.29, 0.717) is 46.9 Å². The lowest BCUT2D eigenvalue weighted by molar-refractivity contribution is 0.206. The van der Waals surface area contributed by atoms with Crippen molar-refractivity contribution in [3.63, 3.8) is 0 Å². The smallest absolute Gasteiger partial charge is 0.163 e. The summed E-state index contributed by atoms with van der Waals surface area (Å²) in [5.41, 5.74) is 1.13. The average molecular weight is 430 g/mol. The van der Waals surface area contributed by atoms with Crippen molar-refractivity contribution in [3.05, 3.63) is 42.0 Å². The van der Waals surface area contributed by atoms with Gasteiger partial charge in [-0.2, -0.15) is 0 Å². The van der Waals surface area contributed by atoms with Gasteiger partial charge in [-0.25, -0.2) is 14.4 Å². The number of fused-ring (bicyclic) bond motifs is 1. The predicted octanol–water partition coefficient (Wildman–Crippen LogP) is 3.23. The molecule has 0 spiro atoms. The molecule has 0 aliphatic rings. The summed E-state index contributed by atoms with van der Waals surface area (Å²) >= 11 is 0. The van der Waals surface area contributed by atoms with Crippen molar-refractivity contribution >= 4 is 22.4 Å². The summed E-state index contributed by atoms with van der Waals surface area (Å²) in [5, 5.41) is 22.5. The van der Waals surface area contributed by atoms with Gasteiger partial charge in [0.25, 0.3) is 0 Å². The SMILES string of the molecule is COc1cc2c(Nc3c(F)ccc(O)c3C)ncnc2cc1OCCCN(C)CCO. The lowest BCUT2D eigenvalue weighted by atomic mass is 10.1. The third kappa shape index (κ3) is 5.31. The molecule has 0 atom stereocenters. The quantitative estimate of drug-likeness (QED) is 0.422. The van der Waals surface area contributed by atoms with E-state index in [0.717, 1.165) is 13.0 Å². The molecule has 166 valence electrons. The molecule has 1 heterocycles. The van der Waals surface area contributed by atoms with Crippen LogP contribution >= 0.6 is 0 Å². The molecule has 2 aromatic carbocycles. The van der Waals surface area contributed by atoms with Gasteiger partial charge in [-0.05, 0) is 38.6 Å².